The van der Waals surface area contributed by atoms with E-state index in [9.17, 15) is 19.7 Å². The molecule has 0 aromatic heterocycles. The Bertz CT molecular complexity index is 822. The van der Waals surface area contributed by atoms with Crippen molar-refractivity contribution in [3.05, 3.63) is 70.3 Å². The number of esters is 1. The molecule has 0 saturated carbocycles. The Hall–Kier alpha value is -3.42. The number of nitrogens with zero attached hydrogens (tertiary/aromatic N) is 2. The molecule has 140 valence electrons. The van der Waals surface area contributed by atoms with Crippen molar-refractivity contribution in [3.8, 4) is 5.75 Å². The highest BCUT2D eigenvalue weighted by molar-refractivity contribution is 5.83. The van der Waals surface area contributed by atoms with Crippen LogP contribution in [0.2, 0.25) is 0 Å². The van der Waals surface area contributed by atoms with Gasteiger partial charge in [0.1, 0.15) is 18.4 Å². The summed E-state index contributed by atoms with van der Waals surface area (Å²) in [6.07, 6.45) is 0.578. The molecule has 1 atom stereocenters. The number of non-ortho nitro benzene ring substituents is 1. The summed E-state index contributed by atoms with van der Waals surface area (Å²) in [5.74, 6) is -0.395. The summed E-state index contributed by atoms with van der Waals surface area (Å²) in [4.78, 5) is 36.2. The molecular formula is C19H18N2O6. The molecule has 1 heterocycles. The molecule has 0 radical (unpaired) electrons. The summed E-state index contributed by atoms with van der Waals surface area (Å²) in [5.41, 5.74) is 0.761. The first-order valence-corrected chi connectivity index (χ1v) is 8.48. The molecule has 8 nitrogen and oxygen atoms in total. The largest absolute Gasteiger partial charge is 0.445 e. The molecule has 1 saturated heterocycles. The van der Waals surface area contributed by atoms with Gasteiger partial charge in [0.05, 0.1) is 4.92 Å². The number of ether oxygens (including phenoxy) is 2. The molecule has 0 N–H and O–H groups in total. The second-order valence-corrected chi connectivity index (χ2v) is 6.06. The van der Waals surface area contributed by atoms with Crippen LogP contribution in [0.3, 0.4) is 0 Å². The highest BCUT2D eigenvalue weighted by Crippen LogP contribution is 2.23. The topological polar surface area (TPSA) is 99.0 Å². The van der Waals surface area contributed by atoms with Crippen LogP contribution in [0.15, 0.2) is 54.6 Å². The summed E-state index contributed by atoms with van der Waals surface area (Å²) >= 11 is 0. The molecule has 0 unspecified atom stereocenters. The van der Waals surface area contributed by atoms with E-state index < -0.39 is 23.0 Å². The van der Waals surface area contributed by atoms with E-state index in [1.165, 1.54) is 29.2 Å². The third-order valence-electron chi connectivity index (χ3n) is 4.23. The number of amides is 1. The van der Waals surface area contributed by atoms with E-state index in [2.05, 4.69) is 0 Å². The number of carbonyl (C=O) groups is 2. The fourth-order valence-corrected chi connectivity index (χ4v) is 2.85. The van der Waals surface area contributed by atoms with E-state index in [4.69, 9.17) is 9.47 Å². The Balaban J connectivity index is 1.58. The molecule has 2 aromatic rings. The third kappa shape index (κ3) is 4.60. The maximum absolute atomic E-state index is 12.4. The molecule has 0 bridgehead atoms. The van der Waals surface area contributed by atoms with Crippen molar-refractivity contribution in [1.82, 2.24) is 4.90 Å². The Morgan fingerprint density at radius 1 is 1.11 bits per heavy atom. The number of rotatable bonds is 5. The lowest BCUT2D eigenvalue weighted by molar-refractivity contribution is -0.384. The van der Waals surface area contributed by atoms with E-state index in [1.807, 2.05) is 30.3 Å². The van der Waals surface area contributed by atoms with Crippen LogP contribution in [-0.2, 0) is 16.1 Å². The molecule has 0 spiro atoms. The minimum atomic E-state index is -0.733. The monoisotopic (exact) mass is 370 g/mol. The van der Waals surface area contributed by atoms with Crippen LogP contribution in [0.5, 0.6) is 5.75 Å². The second kappa shape index (κ2) is 8.31. The first-order valence-electron chi connectivity index (χ1n) is 8.48. The van der Waals surface area contributed by atoms with Gasteiger partial charge in [0.25, 0.3) is 5.69 Å². The molecule has 2 aromatic carbocycles. The number of hydrogen-bond acceptors (Lipinski definition) is 6. The van der Waals surface area contributed by atoms with Crippen LogP contribution in [0.1, 0.15) is 18.4 Å². The maximum Gasteiger partial charge on any atom is 0.410 e. The van der Waals surface area contributed by atoms with Gasteiger partial charge in [-0.3, -0.25) is 15.0 Å². The summed E-state index contributed by atoms with van der Waals surface area (Å²) in [6.45, 7) is 0.536. The highest BCUT2D eigenvalue weighted by Gasteiger charge is 2.36. The van der Waals surface area contributed by atoms with Crippen molar-refractivity contribution in [3.63, 3.8) is 0 Å². The van der Waals surface area contributed by atoms with Crippen LogP contribution in [-0.4, -0.2) is 34.5 Å². The summed E-state index contributed by atoms with van der Waals surface area (Å²) in [5, 5.41) is 10.7. The molecule has 27 heavy (non-hydrogen) atoms. The van der Waals surface area contributed by atoms with E-state index in [-0.39, 0.29) is 18.0 Å². The van der Waals surface area contributed by atoms with Gasteiger partial charge in [-0.1, -0.05) is 30.3 Å². The molecule has 1 aliphatic heterocycles. The molecular weight excluding hydrogens is 352 g/mol. The smallest absolute Gasteiger partial charge is 0.410 e. The molecule has 1 amide bonds. The van der Waals surface area contributed by atoms with E-state index in [0.717, 1.165) is 5.56 Å². The van der Waals surface area contributed by atoms with E-state index >= 15 is 0 Å². The average molecular weight is 370 g/mol. The third-order valence-corrected chi connectivity index (χ3v) is 4.23. The Labute approximate surface area is 155 Å². The zero-order chi connectivity index (χ0) is 19.2. The number of likely N-dealkylation sites (tertiary alicyclic amines) is 1. The van der Waals surface area contributed by atoms with Crippen molar-refractivity contribution in [2.75, 3.05) is 6.54 Å². The van der Waals surface area contributed by atoms with Gasteiger partial charge in [0.2, 0.25) is 0 Å². The van der Waals surface area contributed by atoms with Gasteiger partial charge in [-0.05, 0) is 30.5 Å². The number of hydrogen-bond donors (Lipinski definition) is 0. The molecule has 8 heteroatoms. The lowest BCUT2D eigenvalue weighted by atomic mass is 10.2. The molecule has 1 aliphatic rings. The predicted octanol–water partition coefficient (Wildman–Crippen LogP) is 3.30. The van der Waals surface area contributed by atoms with Crippen LogP contribution < -0.4 is 4.74 Å². The molecule has 3 rings (SSSR count). The Kier molecular flexibility index (Phi) is 5.65. The first kappa shape index (κ1) is 18.4. The van der Waals surface area contributed by atoms with Gasteiger partial charge in [-0.25, -0.2) is 9.59 Å². The summed E-state index contributed by atoms with van der Waals surface area (Å²) in [6, 6.07) is 13.7. The van der Waals surface area contributed by atoms with Crippen molar-refractivity contribution in [2.45, 2.75) is 25.5 Å². The fourth-order valence-electron chi connectivity index (χ4n) is 2.85. The van der Waals surface area contributed by atoms with Gasteiger partial charge >= 0.3 is 12.1 Å². The van der Waals surface area contributed by atoms with Crippen LogP contribution in [0.4, 0.5) is 10.5 Å². The van der Waals surface area contributed by atoms with Crippen LogP contribution in [0.25, 0.3) is 0 Å². The first-order chi connectivity index (χ1) is 13.0. The second-order valence-electron chi connectivity index (χ2n) is 6.06. The number of carbonyl (C=O) groups excluding carboxylic acids is 2. The minimum Gasteiger partial charge on any atom is -0.445 e. The highest BCUT2D eigenvalue weighted by atomic mass is 16.6. The van der Waals surface area contributed by atoms with Crippen molar-refractivity contribution in [1.29, 1.82) is 0 Å². The standard InChI is InChI=1S/C19H18N2O6/c22-18(27-16-10-8-15(9-11-16)21(24)25)17-7-4-12-20(17)19(23)26-13-14-5-2-1-3-6-14/h1-3,5-6,8-11,17H,4,7,12-13H2/t17-/m1/s1. The SMILES string of the molecule is O=C(Oc1ccc([N+](=O)[O-])cc1)[C@H]1CCCN1C(=O)OCc1ccccc1. The van der Waals surface area contributed by atoms with Crippen LogP contribution in [0, 0.1) is 10.1 Å². The minimum absolute atomic E-state index is 0.0956. The van der Waals surface area contributed by atoms with Gasteiger partial charge in [-0.15, -0.1) is 0 Å². The zero-order valence-electron chi connectivity index (χ0n) is 14.4. The van der Waals surface area contributed by atoms with E-state index in [0.29, 0.717) is 19.4 Å². The zero-order valence-corrected chi connectivity index (χ0v) is 14.4. The lowest BCUT2D eigenvalue weighted by Gasteiger charge is -2.22. The van der Waals surface area contributed by atoms with Gasteiger partial charge in [0, 0.05) is 18.7 Å². The van der Waals surface area contributed by atoms with Gasteiger partial charge < -0.3 is 9.47 Å². The fraction of sp³-hybridized carbons (Fsp3) is 0.263. The lowest BCUT2D eigenvalue weighted by Crippen LogP contribution is -2.42. The van der Waals surface area contributed by atoms with Crippen molar-refractivity contribution < 1.29 is 24.0 Å². The van der Waals surface area contributed by atoms with Crippen molar-refractivity contribution >= 4 is 17.7 Å². The quantitative estimate of drug-likeness (QED) is 0.347. The number of nitro groups is 1. The Morgan fingerprint density at radius 2 is 1.81 bits per heavy atom. The van der Waals surface area contributed by atoms with Crippen molar-refractivity contribution in [2.24, 2.45) is 0 Å². The maximum atomic E-state index is 12.4. The molecule has 0 aliphatic carbocycles. The molecule has 1 fully saturated rings. The number of benzene rings is 2. The number of nitro benzene ring substituents is 1. The van der Waals surface area contributed by atoms with Gasteiger partial charge in [0.15, 0.2) is 0 Å². The Morgan fingerprint density at radius 3 is 2.48 bits per heavy atom. The van der Waals surface area contributed by atoms with Crippen LogP contribution >= 0.6 is 0 Å². The summed E-state index contributed by atoms with van der Waals surface area (Å²) < 4.78 is 10.6. The summed E-state index contributed by atoms with van der Waals surface area (Å²) in [7, 11) is 0. The average Bonchev–Trinajstić information content (AvgIpc) is 3.17. The predicted molar refractivity (Wildman–Crippen MR) is 95.1 cm³/mol. The van der Waals surface area contributed by atoms with E-state index in [1.54, 1.807) is 0 Å². The van der Waals surface area contributed by atoms with Gasteiger partial charge in [-0.2, -0.15) is 0 Å². The normalized spacial score (nSPS) is 16.0.